The molecule has 0 aliphatic carbocycles. The van der Waals surface area contributed by atoms with Crippen molar-refractivity contribution in [3.63, 3.8) is 0 Å². The molecule has 0 saturated carbocycles. The fourth-order valence-corrected chi connectivity index (χ4v) is 4.28. The van der Waals surface area contributed by atoms with E-state index in [0.717, 1.165) is 22.2 Å². The zero-order valence-electron chi connectivity index (χ0n) is 17.9. The Hall–Kier alpha value is -3.49. The first-order chi connectivity index (χ1) is 16.4. The zero-order chi connectivity index (χ0) is 23.7. The lowest BCUT2D eigenvalue weighted by Gasteiger charge is -2.29. The number of nitrogens with one attached hydrogen (secondary N) is 2. The largest absolute Gasteiger partial charge is 0.441 e. The molecule has 0 bridgehead atoms. The molecule has 3 aromatic rings. The second kappa shape index (κ2) is 9.04. The molecular formula is C24H20Cl2N4O4. The van der Waals surface area contributed by atoms with E-state index in [2.05, 4.69) is 15.6 Å². The first kappa shape index (κ1) is 22.3. The summed E-state index contributed by atoms with van der Waals surface area (Å²) in [6.45, 7) is 0.813. The minimum Gasteiger partial charge on any atom is -0.441 e. The highest BCUT2D eigenvalue weighted by Gasteiger charge is 2.56. The third-order valence-electron chi connectivity index (χ3n) is 5.61. The summed E-state index contributed by atoms with van der Waals surface area (Å²) < 4.78 is 11.0. The average molecular weight is 499 g/mol. The van der Waals surface area contributed by atoms with Crippen LogP contribution in [-0.2, 0) is 14.3 Å². The molecule has 2 fully saturated rings. The number of pyridine rings is 1. The molecule has 0 radical (unpaired) electrons. The van der Waals surface area contributed by atoms with Crippen molar-refractivity contribution in [2.45, 2.75) is 12.3 Å². The summed E-state index contributed by atoms with van der Waals surface area (Å²) in [5, 5.41) is 8.19. The smallest absolute Gasteiger partial charge is 0.412 e. The maximum Gasteiger partial charge on any atom is 0.412 e. The van der Waals surface area contributed by atoms with Crippen molar-refractivity contribution in [2.75, 3.05) is 25.0 Å². The first-order valence-corrected chi connectivity index (χ1v) is 11.4. The Kier molecular flexibility index (Phi) is 5.93. The first-order valence-electron chi connectivity index (χ1n) is 10.6. The van der Waals surface area contributed by atoms with Crippen molar-refractivity contribution in [3.05, 3.63) is 76.1 Å². The molecule has 2 saturated heterocycles. The lowest BCUT2D eigenvalue weighted by molar-refractivity contribution is -0.135. The number of amides is 2. The number of cyclic esters (lactones) is 1. The van der Waals surface area contributed by atoms with Crippen molar-refractivity contribution in [1.82, 2.24) is 15.2 Å². The monoisotopic (exact) mass is 498 g/mol. The summed E-state index contributed by atoms with van der Waals surface area (Å²) in [5.74, 6) is -1.56. The van der Waals surface area contributed by atoms with Crippen LogP contribution in [0.4, 0.5) is 10.5 Å². The van der Waals surface area contributed by atoms with Crippen LogP contribution in [0.25, 0.3) is 17.0 Å². The molecule has 1 atom stereocenters. The van der Waals surface area contributed by atoms with Crippen molar-refractivity contribution in [1.29, 1.82) is 0 Å². The molecule has 2 amide bonds. The van der Waals surface area contributed by atoms with Gasteiger partial charge in [0, 0.05) is 40.4 Å². The van der Waals surface area contributed by atoms with Crippen LogP contribution in [0.3, 0.4) is 0 Å². The number of ether oxygens (including phenoxy) is 2. The molecule has 5 rings (SSSR count). The Morgan fingerprint density at radius 1 is 1.12 bits per heavy atom. The molecule has 8 nitrogen and oxygen atoms in total. The summed E-state index contributed by atoms with van der Waals surface area (Å²) in [6.07, 6.45) is 3.30. The predicted molar refractivity (Wildman–Crippen MR) is 129 cm³/mol. The van der Waals surface area contributed by atoms with Gasteiger partial charge in [-0.05, 0) is 54.5 Å². The van der Waals surface area contributed by atoms with Crippen LogP contribution in [0.1, 0.15) is 12.0 Å². The fourth-order valence-electron chi connectivity index (χ4n) is 3.99. The van der Waals surface area contributed by atoms with Crippen LogP contribution in [0, 0.1) is 0 Å². The number of alkyl carbamates (subject to hydrolysis) is 1. The van der Waals surface area contributed by atoms with Crippen LogP contribution in [0.15, 0.2) is 60.5 Å². The number of rotatable bonds is 6. The third-order valence-corrected chi connectivity index (χ3v) is 6.10. The maximum atomic E-state index is 13.2. The Balaban J connectivity index is 1.29. The Bertz CT molecular complexity index is 1300. The summed E-state index contributed by atoms with van der Waals surface area (Å²) in [6, 6.07) is 14.4. The topological polar surface area (TPSA) is 92.8 Å². The fraction of sp³-hybridized carbons (Fsp3) is 0.208. The van der Waals surface area contributed by atoms with E-state index >= 15 is 0 Å². The molecule has 1 unspecified atom stereocenters. The van der Waals surface area contributed by atoms with Gasteiger partial charge in [0.1, 0.15) is 0 Å². The molecule has 2 aromatic carbocycles. The maximum absolute atomic E-state index is 13.2. The third kappa shape index (κ3) is 4.34. The van der Waals surface area contributed by atoms with Gasteiger partial charge < -0.3 is 14.8 Å². The molecule has 10 heteroatoms. The summed E-state index contributed by atoms with van der Waals surface area (Å²) in [4.78, 5) is 30.8. The minimum atomic E-state index is -1.35. The highest BCUT2D eigenvalue weighted by atomic mass is 35.5. The van der Waals surface area contributed by atoms with E-state index in [9.17, 15) is 9.59 Å². The van der Waals surface area contributed by atoms with Crippen LogP contribution in [0.2, 0.25) is 10.0 Å². The van der Waals surface area contributed by atoms with E-state index in [1.54, 1.807) is 36.5 Å². The van der Waals surface area contributed by atoms with Gasteiger partial charge in [0.15, 0.2) is 12.4 Å². The van der Waals surface area contributed by atoms with E-state index in [-0.39, 0.29) is 18.3 Å². The molecular weight excluding hydrogens is 479 g/mol. The number of hydrogen-bond acceptors (Lipinski definition) is 6. The van der Waals surface area contributed by atoms with Gasteiger partial charge in [0.05, 0.1) is 5.52 Å². The molecule has 2 aliphatic heterocycles. The van der Waals surface area contributed by atoms with Crippen molar-refractivity contribution in [3.8, 4) is 0 Å². The Morgan fingerprint density at radius 2 is 1.91 bits per heavy atom. The molecule has 1 spiro atoms. The normalized spacial score (nSPS) is 20.6. The Morgan fingerprint density at radius 3 is 2.68 bits per heavy atom. The summed E-state index contributed by atoms with van der Waals surface area (Å²) in [5.41, 5.74) is 2.46. The van der Waals surface area contributed by atoms with Crippen LogP contribution in [0.5, 0.6) is 0 Å². The van der Waals surface area contributed by atoms with Crippen molar-refractivity contribution in [2.24, 2.45) is 0 Å². The average Bonchev–Trinajstić information content (AvgIpc) is 3.31. The van der Waals surface area contributed by atoms with E-state index in [0.29, 0.717) is 29.6 Å². The summed E-state index contributed by atoms with van der Waals surface area (Å²) >= 11 is 12.0. The van der Waals surface area contributed by atoms with E-state index in [4.69, 9.17) is 32.7 Å². The Labute approximate surface area is 205 Å². The summed E-state index contributed by atoms with van der Waals surface area (Å²) in [7, 11) is 0. The van der Waals surface area contributed by atoms with Crippen LogP contribution in [-0.4, -0.2) is 47.4 Å². The predicted octanol–water partition coefficient (Wildman–Crippen LogP) is 4.64. The number of fused-ring (bicyclic) bond motifs is 1. The number of nitrogens with zero attached hydrogens (tertiary/aromatic N) is 2. The number of carbonyl (C=O) groups is 2. The second-order valence-electron chi connectivity index (χ2n) is 7.90. The van der Waals surface area contributed by atoms with Gasteiger partial charge >= 0.3 is 11.9 Å². The molecule has 2 N–H and O–H groups in total. The van der Waals surface area contributed by atoms with Gasteiger partial charge in [-0.1, -0.05) is 35.3 Å². The van der Waals surface area contributed by atoms with Gasteiger partial charge in [-0.25, -0.2) is 4.79 Å². The lowest BCUT2D eigenvalue weighted by Crippen LogP contribution is -2.56. The van der Waals surface area contributed by atoms with Gasteiger partial charge in [-0.2, -0.15) is 0 Å². The number of hydrogen-bond donors (Lipinski definition) is 2. The van der Waals surface area contributed by atoms with Crippen LogP contribution >= 0.6 is 23.2 Å². The quantitative estimate of drug-likeness (QED) is 0.380. The number of aromatic nitrogens is 1. The number of anilines is 1. The van der Waals surface area contributed by atoms with Gasteiger partial charge in [0.2, 0.25) is 0 Å². The molecule has 2 aliphatic rings. The van der Waals surface area contributed by atoms with E-state index in [1.165, 1.54) is 4.90 Å². The lowest BCUT2D eigenvalue weighted by atomic mass is 10.2. The van der Waals surface area contributed by atoms with E-state index < -0.39 is 11.9 Å². The van der Waals surface area contributed by atoms with Gasteiger partial charge in [0.25, 0.3) is 5.91 Å². The molecule has 174 valence electrons. The van der Waals surface area contributed by atoms with Gasteiger partial charge in [-0.15, -0.1) is 0 Å². The van der Waals surface area contributed by atoms with Crippen molar-refractivity contribution < 1.29 is 19.1 Å². The minimum absolute atomic E-state index is 0.0985. The molecule has 34 heavy (non-hydrogen) atoms. The van der Waals surface area contributed by atoms with Crippen molar-refractivity contribution >= 4 is 57.9 Å². The number of carbonyl (C=O) groups excluding carboxylic acids is 2. The SMILES string of the molecule is O=C1NC2(CO1)O/C(=C\c1ccc(Cl)cc1)C(=O)N2CCCNc1ccnc2cc(Cl)ccc12. The van der Waals surface area contributed by atoms with Crippen LogP contribution < -0.4 is 10.6 Å². The van der Waals surface area contributed by atoms with E-state index in [1.807, 2.05) is 24.3 Å². The second-order valence-corrected chi connectivity index (χ2v) is 8.78. The zero-order valence-corrected chi connectivity index (χ0v) is 19.4. The molecule has 3 heterocycles. The highest BCUT2D eigenvalue weighted by molar-refractivity contribution is 6.31. The standard InChI is InChI=1S/C24H20Cl2N4O4/c25-16-4-2-15(3-5-16)12-21-22(31)30(24(34-21)14-33-23(32)29-24)11-1-9-27-19-8-10-28-20-13-17(26)6-7-18(19)20/h2-8,10,12-13H,1,9,11,14H2,(H,27,28)(H,29,32)/b21-12-. The number of benzene rings is 2. The van der Waals surface area contributed by atoms with Gasteiger partial charge in [-0.3, -0.25) is 20.0 Å². The molecule has 1 aromatic heterocycles. The highest BCUT2D eigenvalue weighted by Crippen LogP contribution is 2.33. The number of halogens is 2.